The minimum atomic E-state index is 0.957. The van der Waals surface area contributed by atoms with Gasteiger partial charge < -0.3 is 0 Å². The molecule has 0 aromatic heterocycles. The van der Waals surface area contributed by atoms with Crippen LogP contribution in [-0.4, -0.2) is 5.33 Å². The number of hydrogen-bond acceptors (Lipinski definition) is 0. The van der Waals surface area contributed by atoms with Crippen LogP contribution in [0.4, 0.5) is 0 Å². The van der Waals surface area contributed by atoms with Gasteiger partial charge in [-0.25, -0.2) is 0 Å². The molecule has 0 aliphatic carbocycles. The zero-order valence-corrected chi connectivity index (χ0v) is 11.4. The van der Waals surface area contributed by atoms with E-state index in [0.717, 1.165) is 18.2 Å². The fourth-order valence-electron chi connectivity index (χ4n) is 1.24. The van der Waals surface area contributed by atoms with E-state index in [-0.39, 0.29) is 0 Å². The monoisotopic (exact) mass is 270 g/mol. The SMILES string of the molecule is CCCCC/C=C/C/C=C/C/C=C/CBr. The van der Waals surface area contributed by atoms with Gasteiger partial charge in [-0.15, -0.1) is 0 Å². The van der Waals surface area contributed by atoms with Crippen molar-refractivity contribution in [2.45, 2.75) is 45.4 Å². The summed E-state index contributed by atoms with van der Waals surface area (Å²) in [5, 5.41) is 0.957. The van der Waals surface area contributed by atoms with Gasteiger partial charge in [-0.2, -0.15) is 0 Å². The van der Waals surface area contributed by atoms with Gasteiger partial charge in [0.15, 0.2) is 0 Å². The molecule has 0 aromatic carbocycles. The first kappa shape index (κ1) is 14.7. The maximum absolute atomic E-state index is 3.35. The third-order valence-corrected chi connectivity index (χ3v) is 2.48. The first-order valence-corrected chi connectivity index (χ1v) is 7.05. The molecule has 0 aliphatic heterocycles. The number of rotatable bonds is 9. The van der Waals surface area contributed by atoms with E-state index in [1.165, 1.54) is 25.7 Å². The summed E-state index contributed by atoms with van der Waals surface area (Å²) in [6, 6.07) is 0. The second-order valence-electron chi connectivity index (χ2n) is 3.54. The van der Waals surface area contributed by atoms with Gasteiger partial charge in [-0.05, 0) is 25.7 Å². The predicted molar refractivity (Wildman–Crippen MR) is 74.6 cm³/mol. The number of halogens is 1. The summed E-state index contributed by atoms with van der Waals surface area (Å²) in [7, 11) is 0. The summed E-state index contributed by atoms with van der Waals surface area (Å²) in [4.78, 5) is 0. The molecule has 0 radical (unpaired) electrons. The van der Waals surface area contributed by atoms with Crippen molar-refractivity contribution in [1.82, 2.24) is 0 Å². The Morgan fingerprint density at radius 2 is 1.40 bits per heavy atom. The molecule has 0 heterocycles. The summed E-state index contributed by atoms with van der Waals surface area (Å²) in [6.07, 6.45) is 20.7. The first-order valence-electron chi connectivity index (χ1n) is 5.92. The highest BCUT2D eigenvalue weighted by Gasteiger charge is 1.80. The van der Waals surface area contributed by atoms with Crippen molar-refractivity contribution in [3.63, 3.8) is 0 Å². The molecule has 0 aromatic rings. The minimum absolute atomic E-state index is 0.957. The molecule has 86 valence electrons. The standard InChI is InChI=1S/C14H23Br/c1-2-3-4-5-6-7-8-9-10-11-12-13-14-15/h6-7,9-10,12-13H,2-5,8,11,14H2,1H3/b7-6+,10-9+,13-12+. The zero-order valence-electron chi connectivity index (χ0n) is 9.79. The lowest BCUT2D eigenvalue weighted by Gasteiger charge is -1.90. The Kier molecular flexibility index (Phi) is 13.4. The Hall–Kier alpha value is -0.300. The van der Waals surface area contributed by atoms with Gasteiger partial charge >= 0.3 is 0 Å². The minimum Gasteiger partial charge on any atom is -0.0883 e. The van der Waals surface area contributed by atoms with E-state index < -0.39 is 0 Å². The van der Waals surface area contributed by atoms with Crippen LogP contribution in [0.2, 0.25) is 0 Å². The number of allylic oxidation sites excluding steroid dienone is 6. The lowest BCUT2D eigenvalue weighted by molar-refractivity contribution is 0.728. The molecule has 15 heavy (non-hydrogen) atoms. The van der Waals surface area contributed by atoms with Gasteiger partial charge in [0.05, 0.1) is 0 Å². The second-order valence-corrected chi connectivity index (χ2v) is 4.18. The summed E-state index contributed by atoms with van der Waals surface area (Å²) in [5.41, 5.74) is 0. The summed E-state index contributed by atoms with van der Waals surface area (Å²) < 4.78 is 0. The van der Waals surface area contributed by atoms with Crippen LogP contribution in [0, 0.1) is 0 Å². The fraction of sp³-hybridized carbons (Fsp3) is 0.571. The van der Waals surface area contributed by atoms with Crippen molar-refractivity contribution < 1.29 is 0 Å². The van der Waals surface area contributed by atoms with Crippen LogP contribution >= 0.6 is 15.9 Å². The van der Waals surface area contributed by atoms with E-state index in [2.05, 4.69) is 59.3 Å². The smallest absolute Gasteiger partial charge is 0.0212 e. The van der Waals surface area contributed by atoms with Gasteiger partial charge in [0, 0.05) is 5.33 Å². The van der Waals surface area contributed by atoms with Crippen molar-refractivity contribution in [2.24, 2.45) is 0 Å². The van der Waals surface area contributed by atoms with E-state index in [1.807, 2.05) is 0 Å². The van der Waals surface area contributed by atoms with Crippen LogP contribution in [0.5, 0.6) is 0 Å². The van der Waals surface area contributed by atoms with E-state index in [0.29, 0.717) is 0 Å². The van der Waals surface area contributed by atoms with Crippen molar-refractivity contribution in [3.8, 4) is 0 Å². The molecular weight excluding hydrogens is 248 g/mol. The van der Waals surface area contributed by atoms with Crippen LogP contribution in [0.3, 0.4) is 0 Å². The fourth-order valence-corrected chi connectivity index (χ4v) is 1.50. The molecule has 0 nitrogen and oxygen atoms in total. The average molecular weight is 271 g/mol. The molecule has 0 amide bonds. The molecule has 0 rings (SSSR count). The van der Waals surface area contributed by atoms with Crippen LogP contribution in [-0.2, 0) is 0 Å². The highest BCUT2D eigenvalue weighted by atomic mass is 79.9. The Morgan fingerprint density at radius 1 is 0.800 bits per heavy atom. The zero-order chi connectivity index (χ0) is 11.2. The van der Waals surface area contributed by atoms with Crippen molar-refractivity contribution >= 4 is 15.9 Å². The lowest BCUT2D eigenvalue weighted by Crippen LogP contribution is -1.70. The number of unbranched alkanes of at least 4 members (excludes halogenated alkanes) is 3. The first-order chi connectivity index (χ1) is 7.41. The third kappa shape index (κ3) is 13.7. The van der Waals surface area contributed by atoms with Crippen LogP contribution < -0.4 is 0 Å². The maximum atomic E-state index is 3.35. The highest BCUT2D eigenvalue weighted by Crippen LogP contribution is 2.00. The summed E-state index contributed by atoms with van der Waals surface area (Å²) in [6.45, 7) is 2.24. The van der Waals surface area contributed by atoms with E-state index in [4.69, 9.17) is 0 Å². The molecule has 0 spiro atoms. The Balaban J connectivity index is 3.24. The van der Waals surface area contributed by atoms with Gasteiger partial charge in [-0.3, -0.25) is 0 Å². The molecule has 0 bridgehead atoms. The van der Waals surface area contributed by atoms with E-state index >= 15 is 0 Å². The lowest BCUT2D eigenvalue weighted by atomic mass is 10.2. The number of alkyl halides is 1. The molecule has 0 saturated carbocycles. The summed E-state index contributed by atoms with van der Waals surface area (Å²) >= 11 is 3.35. The molecule has 0 saturated heterocycles. The molecular formula is C14H23Br. The largest absolute Gasteiger partial charge is 0.0883 e. The highest BCUT2D eigenvalue weighted by molar-refractivity contribution is 9.09. The average Bonchev–Trinajstić information content (AvgIpc) is 2.26. The Morgan fingerprint density at radius 3 is 2.00 bits per heavy atom. The Bertz CT molecular complexity index is 190. The maximum Gasteiger partial charge on any atom is 0.0212 e. The third-order valence-electron chi connectivity index (χ3n) is 2.11. The molecule has 0 aliphatic rings. The van der Waals surface area contributed by atoms with Gasteiger partial charge in [-0.1, -0.05) is 72.2 Å². The van der Waals surface area contributed by atoms with Gasteiger partial charge in [0.2, 0.25) is 0 Å². The van der Waals surface area contributed by atoms with E-state index in [1.54, 1.807) is 0 Å². The van der Waals surface area contributed by atoms with Gasteiger partial charge in [0.25, 0.3) is 0 Å². The normalized spacial score (nSPS) is 12.4. The number of hydrogen-bond donors (Lipinski definition) is 0. The van der Waals surface area contributed by atoms with Crippen LogP contribution in [0.15, 0.2) is 36.5 Å². The molecule has 0 N–H and O–H groups in total. The quantitative estimate of drug-likeness (QED) is 0.299. The predicted octanol–water partition coefficient (Wildman–Crippen LogP) is 5.41. The van der Waals surface area contributed by atoms with Crippen molar-refractivity contribution in [1.29, 1.82) is 0 Å². The van der Waals surface area contributed by atoms with Crippen LogP contribution in [0.25, 0.3) is 0 Å². The van der Waals surface area contributed by atoms with Crippen molar-refractivity contribution in [3.05, 3.63) is 36.5 Å². The second kappa shape index (κ2) is 13.7. The topological polar surface area (TPSA) is 0 Å². The van der Waals surface area contributed by atoms with Crippen LogP contribution in [0.1, 0.15) is 45.4 Å². The Labute approximate surface area is 103 Å². The molecule has 1 heteroatoms. The van der Waals surface area contributed by atoms with E-state index in [9.17, 15) is 0 Å². The molecule has 0 fully saturated rings. The molecule has 0 atom stereocenters. The van der Waals surface area contributed by atoms with Crippen molar-refractivity contribution in [2.75, 3.05) is 5.33 Å². The summed E-state index contributed by atoms with van der Waals surface area (Å²) in [5.74, 6) is 0. The molecule has 0 unspecified atom stereocenters. The van der Waals surface area contributed by atoms with Gasteiger partial charge in [0.1, 0.15) is 0 Å².